The van der Waals surface area contributed by atoms with Crippen LogP contribution < -0.4 is 10.6 Å². The fourth-order valence-corrected chi connectivity index (χ4v) is 5.38. The van der Waals surface area contributed by atoms with Gasteiger partial charge in [0.1, 0.15) is 17.7 Å². The van der Waals surface area contributed by atoms with Gasteiger partial charge in [0.2, 0.25) is 0 Å². The first-order chi connectivity index (χ1) is 17.4. The molecule has 1 aromatic heterocycles. The number of aromatic nitrogens is 2. The summed E-state index contributed by atoms with van der Waals surface area (Å²) in [6, 6.07) is 14.9. The highest BCUT2D eigenvalue weighted by Gasteiger charge is 2.54. The van der Waals surface area contributed by atoms with Crippen molar-refractivity contribution in [2.24, 2.45) is 0 Å². The average Bonchev–Trinajstić information content (AvgIpc) is 3.26. The maximum atomic E-state index is 12.3. The number of urea groups is 1. The average molecular weight is 514 g/mol. The number of carbonyl (C=O) groups excluding carboxylic acids is 1. The van der Waals surface area contributed by atoms with Gasteiger partial charge < -0.3 is 39.2 Å². The number of anilines is 1. The first-order valence-electron chi connectivity index (χ1n) is 11.9. The van der Waals surface area contributed by atoms with Crippen molar-refractivity contribution in [1.29, 1.82) is 0 Å². The van der Waals surface area contributed by atoms with Crippen molar-refractivity contribution < 1.29 is 33.4 Å². The van der Waals surface area contributed by atoms with Gasteiger partial charge in [-0.15, -0.1) is 0 Å². The van der Waals surface area contributed by atoms with Gasteiger partial charge in [-0.2, -0.15) is 0 Å². The first kappa shape index (κ1) is 23.6. The van der Waals surface area contributed by atoms with Crippen molar-refractivity contribution in [3.05, 3.63) is 60.4 Å². The molecule has 0 spiro atoms. The Morgan fingerprint density at radius 3 is 2.58 bits per heavy atom. The zero-order valence-corrected chi connectivity index (χ0v) is 20.2. The second kappa shape index (κ2) is 9.26. The van der Waals surface area contributed by atoms with E-state index in [-0.39, 0.29) is 24.7 Å². The van der Waals surface area contributed by atoms with Crippen LogP contribution in [0.2, 0.25) is 0 Å². The van der Waals surface area contributed by atoms with E-state index in [9.17, 15) is 19.1 Å². The van der Waals surface area contributed by atoms with Crippen molar-refractivity contribution in [3.63, 3.8) is 0 Å². The second-order valence-corrected chi connectivity index (χ2v) is 11.2. The predicted octanol–water partition coefficient (Wildman–Crippen LogP) is 3.27. The Hall–Kier alpha value is -2.79. The minimum atomic E-state index is -4.21. The van der Waals surface area contributed by atoms with Crippen LogP contribution in [0.1, 0.15) is 37.3 Å². The van der Waals surface area contributed by atoms with Crippen LogP contribution in [0.3, 0.4) is 0 Å². The number of nitrogens with zero attached hydrogens (tertiary/aromatic N) is 2. The van der Waals surface area contributed by atoms with E-state index in [1.54, 1.807) is 12.4 Å². The molecule has 11 nitrogen and oxygen atoms in total. The summed E-state index contributed by atoms with van der Waals surface area (Å²) in [5.74, 6) is 0. The van der Waals surface area contributed by atoms with Crippen LogP contribution in [-0.2, 0) is 18.8 Å². The lowest BCUT2D eigenvalue weighted by Gasteiger charge is -2.22. The topological polar surface area (TPSA) is 144 Å². The van der Waals surface area contributed by atoms with E-state index >= 15 is 0 Å². The number of hydrogen-bond donors (Lipinski definition) is 4. The largest absolute Gasteiger partial charge is 0.349 e. The summed E-state index contributed by atoms with van der Waals surface area (Å²) >= 11 is 0. The highest BCUT2D eigenvalue weighted by Crippen LogP contribution is 2.47. The number of nitrogens with one attached hydrogen (secondary N) is 2. The fraction of sp³-hybridized carbons (Fsp3) is 0.417. The van der Waals surface area contributed by atoms with Crippen LogP contribution >= 0.6 is 7.60 Å². The van der Waals surface area contributed by atoms with Gasteiger partial charge >= 0.3 is 13.6 Å². The molecule has 0 bridgehead atoms. The maximum absolute atomic E-state index is 12.3. The summed E-state index contributed by atoms with van der Waals surface area (Å²) in [4.78, 5) is 35.7. The van der Waals surface area contributed by atoms with Gasteiger partial charge in [-0.1, -0.05) is 36.4 Å². The number of amides is 2. The van der Waals surface area contributed by atoms with Crippen LogP contribution in [0.5, 0.6) is 0 Å². The normalized spacial score (nSPS) is 27.8. The monoisotopic (exact) mass is 514 g/mol. The molecular weight excluding hydrogens is 487 g/mol. The molecule has 2 saturated heterocycles. The zero-order chi connectivity index (χ0) is 24.9. The maximum Gasteiger partial charge on any atom is 0.325 e. The quantitative estimate of drug-likeness (QED) is 0.352. The molecule has 3 heterocycles. The van der Waals surface area contributed by atoms with Crippen LogP contribution in [0, 0.1) is 0 Å². The highest BCUT2D eigenvalue weighted by molar-refractivity contribution is 7.51. The van der Waals surface area contributed by atoms with Gasteiger partial charge in [-0.3, -0.25) is 4.57 Å². The molecule has 3 aliphatic rings. The van der Waals surface area contributed by atoms with Crippen molar-refractivity contribution >= 4 is 30.3 Å². The van der Waals surface area contributed by atoms with E-state index in [1.807, 2.05) is 47.0 Å². The molecule has 2 aliphatic heterocycles. The van der Waals surface area contributed by atoms with E-state index < -0.39 is 38.4 Å². The van der Waals surface area contributed by atoms with Gasteiger partial charge in [0.25, 0.3) is 0 Å². The third kappa shape index (κ3) is 4.78. The molecule has 1 saturated carbocycles. The summed E-state index contributed by atoms with van der Waals surface area (Å²) in [5, 5.41) is 5.77. The fourth-order valence-electron chi connectivity index (χ4n) is 4.79. The Morgan fingerprint density at radius 2 is 1.83 bits per heavy atom. The molecule has 36 heavy (non-hydrogen) atoms. The van der Waals surface area contributed by atoms with E-state index in [0.717, 1.165) is 23.9 Å². The van der Waals surface area contributed by atoms with Crippen LogP contribution in [-0.4, -0.2) is 55.9 Å². The number of benzene rings is 2. The summed E-state index contributed by atoms with van der Waals surface area (Å²) in [7, 11) is -4.21. The standard InChI is InChI=1S/C24H27N4O7P/c29-24(26-15-9-10-15)27-16-7-4-8-17-19(16)25-13-28(17)22-21-20(18(33-22)11-12-36(30,31)32)34-23(35-21)14-5-2-1-3-6-14/h1-8,13,15,18,20-23H,9-12H2,(H2,26,27,29)(H2,30,31,32)/t18-,20?,21?,22-,23-/m1/s1. The smallest absolute Gasteiger partial charge is 0.325 e. The minimum absolute atomic E-state index is 0.119. The predicted molar refractivity (Wildman–Crippen MR) is 129 cm³/mol. The van der Waals surface area contributed by atoms with Crippen LogP contribution in [0.25, 0.3) is 11.0 Å². The molecule has 4 N–H and O–H groups in total. The number of carbonyl (C=O) groups is 1. The number of para-hydroxylation sites is 1. The Bertz CT molecular complexity index is 1310. The molecule has 12 heteroatoms. The molecule has 0 radical (unpaired) electrons. The van der Waals surface area contributed by atoms with Crippen LogP contribution in [0.4, 0.5) is 10.5 Å². The first-order valence-corrected chi connectivity index (χ1v) is 13.7. The summed E-state index contributed by atoms with van der Waals surface area (Å²) < 4.78 is 32.2. The van der Waals surface area contributed by atoms with E-state index in [4.69, 9.17) is 14.2 Å². The molecule has 190 valence electrons. The zero-order valence-electron chi connectivity index (χ0n) is 19.3. The minimum Gasteiger partial charge on any atom is -0.349 e. The molecule has 3 fully saturated rings. The lowest BCUT2D eigenvalue weighted by atomic mass is 10.1. The number of hydrogen-bond acceptors (Lipinski definition) is 6. The molecule has 6 rings (SSSR count). The molecule has 2 amide bonds. The SMILES string of the molecule is O=C(Nc1cccc2c1ncn2[C@@H]1O[C@H](CCP(=O)(O)O)C2O[C@@H](c3ccccc3)OC21)NC1CC1. The summed E-state index contributed by atoms with van der Waals surface area (Å²) in [6.45, 7) is 0. The van der Waals surface area contributed by atoms with Crippen molar-refractivity contribution in [1.82, 2.24) is 14.9 Å². The van der Waals surface area contributed by atoms with Gasteiger partial charge in [0.15, 0.2) is 12.5 Å². The second-order valence-electron chi connectivity index (χ2n) is 9.38. The summed E-state index contributed by atoms with van der Waals surface area (Å²) in [6.07, 6.45) is 0.528. The highest BCUT2D eigenvalue weighted by atomic mass is 31.2. The molecule has 3 aromatic rings. The summed E-state index contributed by atoms with van der Waals surface area (Å²) in [5.41, 5.74) is 2.75. The molecule has 2 unspecified atom stereocenters. The van der Waals surface area contributed by atoms with Gasteiger partial charge in [0, 0.05) is 11.6 Å². The number of ether oxygens (including phenoxy) is 3. The molecule has 1 aliphatic carbocycles. The Labute approximate surface area is 206 Å². The van der Waals surface area contributed by atoms with Crippen LogP contribution in [0.15, 0.2) is 54.9 Å². The van der Waals surface area contributed by atoms with Crippen molar-refractivity contribution in [2.75, 3.05) is 11.5 Å². The third-order valence-corrected chi connectivity index (χ3v) is 7.50. The Balaban J connectivity index is 1.29. The van der Waals surface area contributed by atoms with E-state index in [0.29, 0.717) is 11.2 Å². The number of imidazole rings is 1. The van der Waals surface area contributed by atoms with Gasteiger partial charge in [-0.25, -0.2) is 9.78 Å². The molecule has 5 atom stereocenters. The molecular formula is C24H27N4O7P. The Morgan fingerprint density at radius 1 is 1.06 bits per heavy atom. The third-order valence-electron chi connectivity index (χ3n) is 6.66. The van der Waals surface area contributed by atoms with Gasteiger partial charge in [-0.05, 0) is 31.4 Å². The van der Waals surface area contributed by atoms with E-state index in [1.165, 1.54) is 0 Å². The van der Waals surface area contributed by atoms with E-state index in [2.05, 4.69) is 15.6 Å². The van der Waals surface area contributed by atoms with Gasteiger partial charge in [0.05, 0.1) is 29.8 Å². The number of rotatable bonds is 7. The lowest BCUT2D eigenvalue weighted by Crippen LogP contribution is -2.30. The lowest BCUT2D eigenvalue weighted by molar-refractivity contribution is -0.147. The molecule has 2 aromatic carbocycles. The Kier molecular flexibility index (Phi) is 6.07. The number of fused-ring (bicyclic) bond motifs is 2. The van der Waals surface area contributed by atoms with Crippen molar-refractivity contribution in [3.8, 4) is 0 Å². The van der Waals surface area contributed by atoms with Crippen molar-refractivity contribution in [2.45, 2.75) is 56.1 Å².